The molecular weight excluding hydrogens is 366 g/mol. The van der Waals surface area contributed by atoms with E-state index in [9.17, 15) is 13.2 Å². The third-order valence-electron chi connectivity index (χ3n) is 4.35. The number of amides is 1. The van der Waals surface area contributed by atoms with Crippen LogP contribution in [-0.2, 0) is 14.8 Å². The number of nitrogens with two attached hydrogens (primary N) is 1. The van der Waals surface area contributed by atoms with Gasteiger partial charge in [-0.2, -0.15) is 4.31 Å². The summed E-state index contributed by atoms with van der Waals surface area (Å²) in [5, 5.41) is 2.72. The maximum atomic E-state index is 12.8. The Labute approximate surface area is 159 Å². The zero-order valence-corrected chi connectivity index (χ0v) is 16.1. The summed E-state index contributed by atoms with van der Waals surface area (Å²) in [6.07, 6.45) is -0.324. The van der Waals surface area contributed by atoms with E-state index in [1.807, 2.05) is 13.8 Å². The minimum absolute atomic E-state index is 0.152. The molecule has 0 spiro atoms. The van der Waals surface area contributed by atoms with E-state index in [0.717, 1.165) is 0 Å². The molecule has 3 N–H and O–H groups in total. The highest BCUT2D eigenvalue weighted by molar-refractivity contribution is 7.89. The largest absolute Gasteiger partial charge is 0.397 e. The summed E-state index contributed by atoms with van der Waals surface area (Å²) < 4.78 is 32.7. The summed E-state index contributed by atoms with van der Waals surface area (Å²) in [5.74, 6) is -0.356. The zero-order valence-electron chi connectivity index (χ0n) is 15.3. The van der Waals surface area contributed by atoms with Crippen molar-refractivity contribution in [2.75, 3.05) is 24.1 Å². The highest BCUT2D eigenvalue weighted by atomic mass is 32.2. The molecule has 0 aromatic heterocycles. The summed E-state index contributed by atoms with van der Waals surface area (Å²) in [6, 6.07) is 12.8. The van der Waals surface area contributed by atoms with Crippen LogP contribution in [0.5, 0.6) is 0 Å². The van der Waals surface area contributed by atoms with Crippen molar-refractivity contribution in [1.29, 1.82) is 0 Å². The molecule has 7 nitrogen and oxygen atoms in total. The molecule has 1 heterocycles. The van der Waals surface area contributed by atoms with E-state index in [2.05, 4.69) is 5.32 Å². The molecule has 1 amide bonds. The summed E-state index contributed by atoms with van der Waals surface area (Å²) in [4.78, 5) is 12.5. The molecule has 0 aliphatic carbocycles. The Morgan fingerprint density at radius 2 is 1.67 bits per heavy atom. The lowest BCUT2D eigenvalue weighted by Crippen LogP contribution is -2.48. The van der Waals surface area contributed by atoms with Crippen LogP contribution in [0.4, 0.5) is 11.4 Å². The number of morpholine rings is 1. The quantitative estimate of drug-likeness (QED) is 0.782. The number of rotatable bonds is 4. The number of nitrogens with one attached hydrogen (secondary N) is 1. The van der Waals surface area contributed by atoms with Crippen molar-refractivity contribution in [3.8, 4) is 0 Å². The number of hydrogen-bond donors (Lipinski definition) is 2. The molecular formula is C19H23N3O4S. The van der Waals surface area contributed by atoms with Crippen molar-refractivity contribution in [1.82, 2.24) is 4.31 Å². The van der Waals surface area contributed by atoms with Gasteiger partial charge in [0.1, 0.15) is 0 Å². The Balaban J connectivity index is 1.76. The van der Waals surface area contributed by atoms with Gasteiger partial charge in [-0.05, 0) is 50.2 Å². The van der Waals surface area contributed by atoms with Crippen LogP contribution >= 0.6 is 0 Å². The van der Waals surface area contributed by atoms with Crippen LogP contribution in [-0.4, -0.2) is 43.9 Å². The van der Waals surface area contributed by atoms with Gasteiger partial charge in [0, 0.05) is 18.7 Å². The predicted molar refractivity (Wildman–Crippen MR) is 104 cm³/mol. The van der Waals surface area contributed by atoms with Crippen LogP contribution < -0.4 is 11.1 Å². The van der Waals surface area contributed by atoms with Gasteiger partial charge in [-0.1, -0.05) is 12.1 Å². The van der Waals surface area contributed by atoms with Crippen molar-refractivity contribution in [2.45, 2.75) is 31.0 Å². The second-order valence-corrected chi connectivity index (χ2v) is 8.58. The molecule has 8 heteroatoms. The number of para-hydroxylation sites is 2. The first kappa shape index (κ1) is 19.3. The van der Waals surface area contributed by atoms with Gasteiger partial charge in [0.25, 0.3) is 5.91 Å². The van der Waals surface area contributed by atoms with E-state index >= 15 is 0 Å². The molecule has 0 saturated carbocycles. The Hall–Kier alpha value is -2.42. The maximum absolute atomic E-state index is 12.8. The number of hydrogen-bond acceptors (Lipinski definition) is 5. The van der Waals surface area contributed by atoms with E-state index in [1.165, 1.54) is 28.6 Å². The van der Waals surface area contributed by atoms with Crippen LogP contribution in [0.15, 0.2) is 53.4 Å². The van der Waals surface area contributed by atoms with Crippen molar-refractivity contribution >= 4 is 27.3 Å². The molecule has 1 fully saturated rings. The Morgan fingerprint density at radius 3 is 2.26 bits per heavy atom. The molecule has 1 saturated heterocycles. The molecule has 27 heavy (non-hydrogen) atoms. The second kappa shape index (κ2) is 7.67. The summed E-state index contributed by atoms with van der Waals surface area (Å²) in [5.41, 5.74) is 7.14. The van der Waals surface area contributed by atoms with E-state index in [-0.39, 0.29) is 23.0 Å². The highest BCUT2D eigenvalue weighted by Gasteiger charge is 2.32. The zero-order chi connectivity index (χ0) is 19.6. The lowest BCUT2D eigenvalue weighted by atomic mass is 10.2. The molecule has 2 atom stereocenters. The van der Waals surface area contributed by atoms with Crippen molar-refractivity contribution in [3.63, 3.8) is 0 Å². The number of carbonyl (C=O) groups excluding carboxylic acids is 1. The molecule has 1 aliphatic rings. The van der Waals surface area contributed by atoms with Gasteiger partial charge in [-0.3, -0.25) is 4.79 Å². The van der Waals surface area contributed by atoms with E-state index in [1.54, 1.807) is 24.3 Å². The fourth-order valence-corrected chi connectivity index (χ4v) is 4.65. The number of nitrogen functional groups attached to an aromatic ring is 1. The van der Waals surface area contributed by atoms with E-state index in [0.29, 0.717) is 30.0 Å². The van der Waals surface area contributed by atoms with Crippen LogP contribution in [0, 0.1) is 0 Å². The normalized spacial score (nSPS) is 21.0. The highest BCUT2D eigenvalue weighted by Crippen LogP contribution is 2.22. The summed E-state index contributed by atoms with van der Waals surface area (Å²) in [6.45, 7) is 4.31. The third-order valence-corrected chi connectivity index (χ3v) is 6.20. The molecule has 2 aromatic carbocycles. The van der Waals surface area contributed by atoms with Crippen molar-refractivity contribution in [3.05, 3.63) is 54.1 Å². The topological polar surface area (TPSA) is 102 Å². The monoisotopic (exact) mass is 389 g/mol. The average molecular weight is 389 g/mol. The first-order valence-electron chi connectivity index (χ1n) is 8.69. The average Bonchev–Trinajstić information content (AvgIpc) is 2.63. The predicted octanol–water partition coefficient (Wildman–Crippen LogP) is 2.32. The molecule has 0 radical (unpaired) electrons. The SMILES string of the molecule is CC1CN(S(=O)(=O)c2ccc(C(=O)Nc3ccccc3N)cc2)CC(C)O1. The lowest BCUT2D eigenvalue weighted by molar-refractivity contribution is -0.0440. The standard InChI is InChI=1S/C19H23N3O4S/c1-13-11-22(12-14(2)26-13)27(24,25)16-9-7-15(8-10-16)19(23)21-18-6-4-3-5-17(18)20/h3-10,13-14H,11-12,20H2,1-2H3,(H,21,23). The number of anilines is 2. The van der Waals surface area contributed by atoms with Crippen LogP contribution in [0.3, 0.4) is 0 Å². The van der Waals surface area contributed by atoms with Gasteiger partial charge in [-0.25, -0.2) is 8.42 Å². The van der Waals surface area contributed by atoms with Crippen molar-refractivity contribution in [2.24, 2.45) is 0 Å². The smallest absolute Gasteiger partial charge is 0.255 e. The minimum atomic E-state index is -3.63. The van der Waals surface area contributed by atoms with Crippen LogP contribution in [0.2, 0.25) is 0 Å². The first-order chi connectivity index (χ1) is 12.8. The number of sulfonamides is 1. The van der Waals surface area contributed by atoms with Gasteiger partial charge in [-0.15, -0.1) is 0 Å². The second-order valence-electron chi connectivity index (χ2n) is 6.65. The Morgan fingerprint density at radius 1 is 1.07 bits per heavy atom. The maximum Gasteiger partial charge on any atom is 0.255 e. The molecule has 0 bridgehead atoms. The Bertz CT molecular complexity index is 918. The molecule has 1 aliphatic heterocycles. The minimum Gasteiger partial charge on any atom is -0.397 e. The number of nitrogens with zero attached hydrogens (tertiary/aromatic N) is 1. The summed E-state index contributed by atoms with van der Waals surface area (Å²) >= 11 is 0. The number of carbonyl (C=O) groups is 1. The number of ether oxygens (including phenoxy) is 1. The van der Waals surface area contributed by atoms with E-state index < -0.39 is 10.0 Å². The van der Waals surface area contributed by atoms with Gasteiger partial charge >= 0.3 is 0 Å². The van der Waals surface area contributed by atoms with Crippen LogP contribution in [0.25, 0.3) is 0 Å². The summed E-state index contributed by atoms with van der Waals surface area (Å²) in [7, 11) is -3.63. The molecule has 2 aromatic rings. The first-order valence-corrected chi connectivity index (χ1v) is 10.1. The van der Waals surface area contributed by atoms with Crippen molar-refractivity contribution < 1.29 is 17.9 Å². The fraction of sp³-hybridized carbons (Fsp3) is 0.316. The van der Waals surface area contributed by atoms with Gasteiger partial charge in [0.2, 0.25) is 10.0 Å². The van der Waals surface area contributed by atoms with Gasteiger partial charge in [0.05, 0.1) is 28.5 Å². The molecule has 2 unspecified atom stereocenters. The Kier molecular flexibility index (Phi) is 5.50. The van der Waals surface area contributed by atoms with Gasteiger partial charge < -0.3 is 15.8 Å². The van der Waals surface area contributed by atoms with E-state index in [4.69, 9.17) is 10.5 Å². The number of benzene rings is 2. The fourth-order valence-electron chi connectivity index (χ4n) is 3.06. The van der Waals surface area contributed by atoms with Gasteiger partial charge in [0.15, 0.2) is 0 Å². The third kappa shape index (κ3) is 4.29. The molecule has 144 valence electrons. The molecule has 3 rings (SSSR count). The lowest BCUT2D eigenvalue weighted by Gasteiger charge is -2.34. The van der Waals surface area contributed by atoms with Crippen LogP contribution in [0.1, 0.15) is 24.2 Å².